The Morgan fingerprint density at radius 3 is 2.47 bits per heavy atom. The van der Waals surface area contributed by atoms with Gasteiger partial charge in [0.2, 0.25) is 5.91 Å². The van der Waals surface area contributed by atoms with Crippen LogP contribution in [-0.4, -0.2) is 30.2 Å². The van der Waals surface area contributed by atoms with Gasteiger partial charge in [-0.1, -0.05) is 42.5 Å². The number of thiocarbonyl (C=S) groups is 1. The van der Waals surface area contributed by atoms with Crippen molar-refractivity contribution in [2.24, 2.45) is 5.73 Å². The third-order valence-electron chi connectivity index (χ3n) is 2.92. The zero-order chi connectivity index (χ0) is 14.5. The van der Waals surface area contributed by atoms with Crippen LogP contribution < -0.4 is 11.1 Å². The molecule has 0 aliphatic carbocycles. The Kier molecular flexibility index (Phi) is 5.44. The molecule has 0 bridgehead atoms. The molecule has 0 aliphatic rings. The summed E-state index contributed by atoms with van der Waals surface area (Å²) >= 11 is 5.00. The summed E-state index contributed by atoms with van der Waals surface area (Å²) in [5.41, 5.74) is 6.05. The summed E-state index contributed by atoms with van der Waals surface area (Å²) in [7, 11) is 1.61. The average molecular weight is 280 g/mol. The van der Waals surface area contributed by atoms with Crippen LogP contribution in [0.3, 0.4) is 0 Å². The Morgan fingerprint density at radius 1 is 1.42 bits per heavy atom. The first-order valence-corrected chi connectivity index (χ1v) is 6.45. The van der Waals surface area contributed by atoms with E-state index < -0.39 is 11.5 Å². The standard InChI is InChI=1S/C14H20N2O2S/c1-14(2,18-3)9-16-13(17)11(12(15)19)10-7-5-4-6-8-10/h4-8,11H,9H2,1-3H3,(H2,15,19)(H,16,17). The molecule has 1 aromatic rings. The molecule has 0 aliphatic heterocycles. The maximum atomic E-state index is 12.2. The first kappa shape index (κ1) is 15.6. The van der Waals surface area contributed by atoms with E-state index in [9.17, 15) is 4.79 Å². The van der Waals surface area contributed by atoms with Crippen molar-refractivity contribution >= 4 is 23.1 Å². The van der Waals surface area contributed by atoms with Gasteiger partial charge in [-0.3, -0.25) is 4.79 Å². The fourth-order valence-corrected chi connectivity index (χ4v) is 1.81. The molecular formula is C14H20N2O2S. The fourth-order valence-electron chi connectivity index (χ4n) is 1.56. The number of nitrogens with two attached hydrogens (primary N) is 1. The van der Waals surface area contributed by atoms with Crippen molar-refractivity contribution in [3.8, 4) is 0 Å². The molecule has 0 radical (unpaired) electrons. The molecular weight excluding hydrogens is 260 g/mol. The number of carbonyl (C=O) groups is 1. The van der Waals surface area contributed by atoms with Crippen molar-refractivity contribution < 1.29 is 9.53 Å². The molecule has 5 heteroatoms. The number of methoxy groups -OCH3 is 1. The van der Waals surface area contributed by atoms with Crippen LogP contribution in [0.15, 0.2) is 30.3 Å². The minimum Gasteiger partial charge on any atom is -0.392 e. The smallest absolute Gasteiger partial charge is 0.234 e. The largest absolute Gasteiger partial charge is 0.392 e. The quantitative estimate of drug-likeness (QED) is 0.777. The van der Waals surface area contributed by atoms with Crippen LogP contribution in [0.5, 0.6) is 0 Å². The number of benzene rings is 1. The number of hydrogen-bond acceptors (Lipinski definition) is 3. The first-order chi connectivity index (χ1) is 8.87. The Labute approximate surface area is 119 Å². The third-order valence-corrected chi connectivity index (χ3v) is 3.16. The van der Waals surface area contributed by atoms with Gasteiger partial charge in [0, 0.05) is 13.7 Å². The summed E-state index contributed by atoms with van der Waals surface area (Å²) in [6.07, 6.45) is 0. The summed E-state index contributed by atoms with van der Waals surface area (Å²) in [5.74, 6) is -0.812. The van der Waals surface area contributed by atoms with E-state index in [0.717, 1.165) is 5.56 Å². The number of carbonyl (C=O) groups excluding carboxylic acids is 1. The number of nitrogens with one attached hydrogen (secondary N) is 1. The minimum absolute atomic E-state index is 0.166. The van der Waals surface area contributed by atoms with Crippen molar-refractivity contribution in [1.82, 2.24) is 5.32 Å². The lowest BCUT2D eigenvalue weighted by atomic mass is 9.98. The summed E-state index contributed by atoms with van der Waals surface area (Å²) in [6, 6.07) is 9.27. The van der Waals surface area contributed by atoms with Gasteiger partial charge >= 0.3 is 0 Å². The number of rotatable bonds is 6. The van der Waals surface area contributed by atoms with E-state index >= 15 is 0 Å². The van der Waals surface area contributed by atoms with Gasteiger partial charge in [0.15, 0.2) is 0 Å². The molecule has 0 saturated heterocycles. The zero-order valence-corrected chi connectivity index (χ0v) is 12.3. The molecule has 0 saturated carbocycles. The van der Waals surface area contributed by atoms with Crippen LogP contribution in [0.2, 0.25) is 0 Å². The lowest BCUT2D eigenvalue weighted by Crippen LogP contribution is -2.43. The Morgan fingerprint density at radius 2 is 2.00 bits per heavy atom. The van der Waals surface area contributed by atoms with E-state index in [1.807, 2.05) is 44.2 Å². The maximum Gasteiger partial charge on any atom is 0.234 e. The normalized spacial score (nSPS) is 12.8. The van der Waals surface area contributed by atoms with Crippen molar-refractivity contribution in [3.63, 3.8) is 0 Å². The van der Waals surface area contributed by atoms with E-state index in [2.05, 4.69) is 5.32 Å². The molecule has 0 fully saturated rings. The van der Waals surface area contributed by atoms with Gasteiger partial charge in [-0.2, -0.15) is 0 Å². The van der Waals surface area contributed by atoms with E-state index in [-0.39, 0.29) is 10.9 Å². The van der Waals surface area contributed by atoms with Crippen molar-refractivity contribution in [1.29, 1.82) is 0 Å². The maximum absolute atomic E-state index is 12.2. The van der Waals surface area contributed by atoms with Crippen LogP contribution in [0.4, 0.5) is 0 Å². The second-order valence-electron chi connectivity index (χ2n) is 4.93. The Balaban J connectivity index is 2.79. The molecule has 0 heterocycles. The highest BCUT2D eigenvalue weighted by molar-refractivity contribution is 7.80. The van der Waals surface area contributed by atoms with E-state index in [4.69, 9.17) is 22.7 Å². The summed E-state index contributed by atoms with van der Waals surface area (Å²) in [4.78, 5) is 12.4. The van der Waals surface area contributed by atoms with Crippen LogP contribution in [-0.2, 0) is 9.53 Å². The highest BCUT2D eigenvalue weighted by Crippen LogP contribution is 2.16. The highest BCUT2D eigenvalue weighted by Gasteiger charge is 2.25. The first-order valence-electron chi connectivity index (χ1n) is 6.04. The molecule has 3 N–H and O–H groups in total. The van der Waals surface area contributed by atoms with Crippen molar-refractivity contribution in [3.05, 3.63) is 35.9 Å². The molecule has 0 aromatic heterocycles. The molecule has 1 atom stereocenters. The Hall–Kier alpha value is -1.46. The van der Waals surface area contributed by atoms with Gasteiger partial charge in [0.25, 0.3) is 0 Å². The predicted molar refractivity (Wildman–Crippen MR) is 80.1 cm³/mol. The topological polar surface area (TPSA) is 64.3 Å². The van der Waals surface area contributed by atoms with Crippen LogP contribution in [0.25, 0.3) is 0 Å². The molecule has 1 aromatic carbocycles. The second kappa shape index (κ2) is 6.63. The zero-order valence-electron chi connectivity index (χ0n) is 11.5. The fraction of sp³-hybridized carbons (Fsp3) is 0.429. The SMILES string of the molecule is COC(C)(C)CNC(=O)C(C(N)=S)c1ccccc1. The van der Waals surface area contributed by atoms with Crippen molar-refractivity contribution in [2.45, 2.75) is 25.4 Å². The van der Waals surface area contributed by atoms with Gasteiger partial charge < -0.3 is 15.8 Å². The molecule has 1 rings (SSSR count). The highest BCUT2D eigenvalue weighted by atomic mass is 32.1. The van der Waals surface area contributed by atoms with Crippen LogP contribution in [0, 0.1) is 0 Å². The third kappa shape index (κ3) is 4.61. The number of amides is 1. The predicted octanol–water partition coefficient (Wildman–Crippen LogP) is 1.60. The van der Waals surface area contributed by atoms with Crippen LogP contribution in [0.1, 0.15) is 25.3 Å². The summed E-state index contributed by atoms with van der Waals surface area (Å²) in [6.45, 7) is 4.19. The molecule has 1 amide bonds. The van der Waals surface area contributed by atoms with E-state index in [1.165, 1.54) is 0 Å². The molecule has 1 unspecified atom stereocenters. The van der Waals surface area contributed by atoms with Gasteiger partial charge in [0.1, 0.15) is 5.92 Å². The van der Waals surface area contributed by atoms with E-state index in [0.29, 0.717) is 6.54 Å². The molecule has 0 spiro atoms. The lowest BCUT2D eigenvalue weighted by Gasteiger charge is -2.24. The van der Waals surface area contributed by atoms with Crippen molar-refractivity contribution in [2.75, 3.05) is 13.7 Å². The van der Waals surface area contributed by atoms with E-state index in [1.54, 1.807) is 7.11 Å². The second-order valence-corrected chi connectivity index (χ2v) is 5.40. The van der Waals surface area contributed by atoms with Gasteiger partial charge in [-0.25, -0.2) is 0 Å². The summed E-state index contributed by atoms with van der Waals surface area (Å²) < 4.78 is 5.26. The lowest BCUT2D eigenvalue weighted by molar-refractivity contribution is -0.122. The monoisotopic (exact) mass is 280 g/mol. The minimum atomic E-state index is -0.608. The number of hydrogen-bond donors (Lipinski definition) is 2. The number of ether oxygens (including phenoxy) is 1. The van der Waals surface area contributed by atoms with Crippen LogP contribution >= 0.6 is 12.2 Å². The summed E-state index contributed by atoms with van der Waals surface area (Å²) in [5, 5.41) is 2.82. The average Bonchev–Trinajstić information content (AvgIpc) is 2.37. The molecule has 4 nitrogen and oxygen atoms in total. The van der Waals surface area contributed by atoms with Gasteiger partial charge in [0.05, 0.1) is 10.6 Å². The molecule has 19 heavy (non-hydrogen) atoms. The van der Waals surface area contributed by atoms with Gasteiger partial charge in [-0.15, -0.1) is 0 Å². The Bertz CT molecular complexity index is 446. The van der Waals surface area contributed by atoms with Gasteiger partial charge in [-0.05, 0) is 19.4 Å². The molecule has 104 valence electrons.